The monoisotopic (exact) mass is 233 g/mol. The number of benzene rings is 1. The van der Waals surface area contributed by atoms with Crippen LogP contribution in [-0.2, 0) is 19.3 Å². The molecule has 0 spiro atoms. The smallest absolute Gasteiger partial charge is 0.167 e. The zero-order valence-corrected chi connectivity index (χ0v) is 10.1. The largest absolute Gasteiger partial charge is 0.329 e. The van der Waals surface area contributed by atoms with E-state index in [0.29, 0.717) is 6.54 Å². The minimum Gasteiger partial charge on any atom is -0.329 e. The fraction of sp³-hybridized carbons (Fsp3) is 0.250. The summed E-state index contributed by atoms with van der Waals surface area (Å²) < 4.78 is 2.03. The molecule has 2 N–H and O–H groups in total. The lowest BCUT2D eigenvalue weighted by molar-refractivity contribution is 0.790. The first-order valence-electron chi connectivity index (χ1n) is 5.17. The first-order valence-corrected chi connectivity index (χ1v) is 6.16. The van der Waals surface area contributed by atoms with Crippen molar-refractivity contribution >= 4 is 11.8 Å². The molecule has 0 bridgehead atoms. The lowest BCUT2D eigenvalue weighted by Gasteiger charge is -2.03. The summed E-state index contributed by atoms with van der Waals surface area (Å²) in [7, 11) is 2.01. The molecule has 1 aromatic carbocycles. The number of nitrogens with zero attached hydrogens (tertiary/aromatic N) is 2. The van der Waals surface area contributed by atoms with Crippen LogP contribution < -0.4 is 5.73 Å². The number of rotatable bonds is 4. The Morgan fingerprint density at radius 1 is 1.38 bits per heavy atom. The highest BCUT2D eigenvalue weighted by Gasteiger charge is 2.01. The number of hydrogen-bond donors (Lipinski definition) is 1. The van der Waals surface area contributed by atoms with Crippen molar-refractivity contribution in [3.05, 3.63) is 47.8 Å². The van der Waals surface area contributed by atoms with Gasteiger partial charge >= 0.3 is 0 Å². The van der Waals surface area contributed by atoms with Gasteiger partial charge in [-0.15, -0.1) is 0 Å². The molecular formula is C12H15N3S. The molecule has 1 aromatic heterocycles. The van der Waals surface area contributed by atoms with E-state index in [1.165, 1.54) is 11.1 Å². The number of imidazole rings is 1. The Hall–Kier alpha value is -1.26. The van der Waals surface area contributed by atoms with Gasteiger partial charge in [-0.05, 0) is 11.1 Å². The quantitative estimate of drug-likeness (QED) is 0.823. The lowest BCUT2D eigenvalue weighted by Crippen LogP contribution is -1.96. The third-order valence-corrected chi connectivity index (χ3v) is 3.50. The number of hydrogen-bond acceptors (Lipinski definition) is 3. The highest BCUT2D eigenvalue weighted by Crippen LogP contribution is 2.20. The molecule has 0 aliphatic rings. The van der Waals surface area contributed by atoms with Gasteiger partial charge in [0.1, 0.15) is 0 Å². The molecule has 4 heteroatoms. The molecule has 0 saturated carbocycles. The van der Waals surface area contributed by atoms with Crippen molar-refractivity contribution in [3.63, 3.8) is 0 Å². The van der Waals surface area contributed by atoms with Crippen molar-refractivity contribution in [1.82, 2.24) is 9.55 Å². The standard InChI is InChI=1S/C12H15N3S/c1-15-6-5-14-12(15)16-9-11-4-2-3-10(7-11)8-13/h2-7H,8-9,13H2,1H3. The van der Waals surface area contributed by atoms with Gasteiger partial charge in [-0.3, -0.25) is 0 Å². The maximum absolute atomic E-state index is 5.61. The molecule has 0 fully saturated rings. The molecule has 84 valence electrons. The summed E-state index contributed by atoms with van der Waals surface area (Å²) in [5.41, 5.74) is 8.08. The van der Waals surface area contributed by atoms with Crippen LogP contribution in [0.3, 0.4) is 0 Å². The summed E-state index contributed by atoms with van der Waals surface area (Å²) in [5.74, 6) is 0.929. The molecule has 0 aliphatic heterocycles. The van der Waals surface area contributed by atoms with Crippen molar-refractivity contribution in [1.29, 1.82) is 0 Å². The Morgan fingerprint density at radius 3 is 2.88 bits per heavy atom. The molecule has 3 nitrogen and oxygen atoms in total. The highest BCUT2D eigenvalue weighted by atomic mass is 32.2. The van der Waals surface area contributed by atoms with E-state index in [-0.39, 0.29) is 0 Å². The Morgan fingerprint density at radius 2 is 2.19 bits per heavy atom. The fourth-order valence-electron chi connectivity index (χ4n) is 1.49. The van der Waals surface area contributed by atoms with Crippen LogP contribution in [0.15, 0.2) is 41.8 Å². The van der Waals surface area contributed by atoms with Crippen molar-refractivity contribution in [3.8, 4) is 0 Å². The summed E-state index contributed by atoms with van der Waals surface area (Å²) in [6.45, 7) is 0.598. The molecule has 2 rings (SSSR count). The average Bonchev–Trinajstić information content (AvgIpc) is 2.72. The number of aromatic nitrogens is 2. The van der Waals surface area contributed by atoms with Gasteiger partial charge in [0, 0.05) is 31.7 Å². The topological polar surface area (TPSA) is 43.8 Å². The Bertz CT molecular complexity index is 465. The minimum absolute atomic E-state index is 0.598. The van der Waals surface area contributed by atoms with Crippen LogP contribution in [0.25, 0.3) is 0 Å². The number of nitrogens with two attached hydrogens (primary N) is 1. The van der Waals surface area contributed by atoms with E-state index in [1.54, 1.807) is 11.8 Å². The first kappa shape index (κ1) is 11.2. The Kier molecular flexibility index (Phi) is 3.64. The van der Waals surface area contributed by atoms with Crippen LogP contribution in [0.1, 0.15) is 11.1 Å². The van der Waals surface area contributed by atoms with Gasteiger partial charge in [0.15, 0.2) is 5.16 Å². The summed E-state index contributed by atoms with van der Waals surface area (Å²) in [5, 5.41) is 1.04. The second-order valence-electron chi connectivity index (χ2n) is 3.63. The van der Waals surface area contributed by atoms with E-state index in [2.05, 4.69) is 29.2 Å². The van der Waals surface area contributed by atoms with E-state index in [9.17, 15) is 0 Å². The average molecular weight is 233 g/mol. The second kappa shape index (κ2) is 5.18. The van der Waals surface area contributed by atoms with Gasteiger partial charge in [-0.1, -0.05) is 36.0 Å². The third kappa shape index (κ3) is 2.65. The molecule has 0 saturated heterocycles. The normalized spacial score (nSPS) is 10.6. The van der Waals surface area contributed by atoms with E-state index in [1.807, 2.05) is 24.0 Å². The van der Waals surface area contributed by atoms with Crippen molar-refractivity contribution in [2.45, 2.75) is 17.5 Å². The zero-order chi connectivity index (χ0) is 11.4. The maximum atomic E-state index is 5.61. The van der Waals surface area contributed by atoms with Crippen LogP contribution in [0.5, 0.6) is 0 Å². The molecule has 16 heavy (non-hydrogen) atoms. The van der Waals surface area contributed by atoms with Gasteiger partial charge in [-0.2, -0.15) is 0 Å². The first-order chi connectivity index (χ1) is 7.79. The fourth-order valence-corrected chi connectivity index (χ4v) is 2.36. The lowest BCUT2D eigenvalue weighted by atomic mass is 10.1. The highest BCUT2D eigenvalue weighted by molar-refractivity contribution is 7.98. The molecule has 0 amide bonds. The summed E-state index contributed by atoms with van der Waals surface area (Å²) in [6.07, 6.45) is 3.78. The van der Waals surface area contributed by atoms with Crippen molar-refractivity contribution < 1.29 is 0 Å². The second-order valence-corrected chi connectivity index (χ2v) is 4.58. The van der Waals surface area contributed by atoms with E-state index in [4.69, 9.17) is 5.73 Å². The van der Waals surface area contributed by atoms with Crippen LogP contribution in [0.4, 0.5) is 0 Å². The predicted octanol–water partition coefficient (Wildman–Crippen LogP) is 2.17. The molecule has 0 unspecified atom stereocenters. The predicted molar refractivity (Wildman–Crippen MR) is 67.1 cm³/mol. The van der Waals surface area contributed by atoms with Crippen LogP contribution >= 0.6 is 11.8 Å². The van der Waals surface area contributed by atoms with E-state index >= 15 is 0 Å². The summed E-state index contributed by atoms with van der Waals surface area (Å²) in [4.78, 5) is 4.27. The van der Waals surface area contributed by atoms with Crippen molar-refractivity contribution in [2.75, 3.05) is 0 Å². The van der Waals surface area contributed by atoms with E-state index in [0.717, 1.165) is 10.9 Å². The molecular weight excluding hydrogens is 218 g/mol. The van der Waals surface area contributed by atoms with Crippen LogP contribution in [0.2, 0.25) is 0 Å². The molecule has 0 atom stereocenters. The van der Waals surface area contributed by atoms with Gasteiger partial charge in [0.2, 0.25) is 0 Å². The van der Waals surface area contributed by atoms with E-state index < -0.39 is 0 Å². The molecule has 2 aromatic rings. The number of thioether (sulfide) groups is 1. The SMILES string of the molecule is Cn1ccnc1SCc1cccc(CN)c1. The summed E-state index contributed by atoms with van der Waals surface area (Å²) >= 11 is 1.74. The van der Waals surface area contributed by atoms with Crippen LogP contribution in [0, 0.1) is 0 Å². The maximum Gasteiger partial charge on any atom is 0.167 e. The zero-order valence-electron chi connectivity index (χ0n) is 9.26. The molecule has 0 radical (unpaired) electrons. The van der Waals surface area contributed by atoms with Gasteiger partial charge < -0.3 is 10.3 Å². The van der Waals surface area contributed by atoms with Gasteiger partial charge in [0.25, 0.3) is 0 Å². The van der Waals surface area contributed by atoms with Crippen LogP contribution in [-0.4, -0.2) is 9.55 Å². The Labute approximate surface area is 99.7 Å². The van der Waals surface area contributed by atoms with Crippen molar-refractivity contribution in [2.24, 2.45) is 12.8 Å². The van der Waals surface area contributed by atoms with Gasteiger partial charge in [-0.25, -0.2) is 4.98 Å². The van der Waals surface area contributed by atoms with Gasteiger partial charge in [0.05, 0.1) is 0 Å². The Balaban J connectivity index is 2.02. The molecule has 1 heterocycles. The number of aryl methyl sites for hydroxylation is 1. The minimum atomic E-state index is 0.598. The third-order valence-electron chi connectivity index (χ3n) is 2.37. The summed E-state index contributed by atoms with van der Waals surface area (Å²) in [6, 6.07) is 8.37. The molecule has 0 aliphatic carbocycles.